The van der Waals surface area contributed by atoms with E-state index in [0.29, 0.717) is 19.1 Å². The number of rotatable bonds is 7. The van der Waals surface area contributed by atoms with E-state index in [4.69, 9.17) is 0 Å². The van der Waals surface area contributed by atoms with Crippen molar-refractivity contribution in [2.45, 2.75) is 59.3 Å². The van der Waals surface area contributed by atoms with Crippen LogP contribution in [0, 0.1) is 5.41 Å². The molecule has 0 fully saturated rings. The lowest BCUT2D eigenvalue weighted by atomic mass is 9.93. The summed E-state index contributed by atoms with van der Waals surface area (Å²) in [5.41, 5.74) is 0.155. The van der Waals surface area contributed by atoms with Crippen molar-refractivity contribution in [3.8, 4) is 0 Å². The molecule has 2 N–H and O–H groups in total. The zero-order valence-electron chi connectivity index (χ0n) is 12.0. The molecule has 5 heteroatoms. The minimum atomic E-state index is -3.19. The van der Waals surface area contributed by atoms with Crippen molar-refractivity contribution in [3.63, 3.8) is 0 Å². The molecule has 4 nitrogen and oxygen atoms in total. The van der Waals surface area contributed by atoms with Gasteiger partial charge in [0.1, 0.15) is 0 Å². The average Bonchev–Trinajstić information content (AvgIpc) is 2.11. The van der Waals surface area contributed by atoms with Crippen LogP contribution in [-0.2, 0) is 10.0 Å². The molecule has 0 aromatic carbocycles. The molecule has 104 valence electrons. The molecule has 0 amide bonds. The van der Waals surface area contributed by atoms with E-state index in [-0.39, 0.29) is 5.41 Å². The lowest BCUT2D eigenvalue weighted by Gasteiger charge is -2.20. The van der Waals surface area contributed by atoms with Gasteiger partial charge in [-0.1, -0.05) is 34.6 Å². The molecule has 1 unspecified atom stereocenters. The van der Waals surface area contributed by atoms with Gasteiger partial charge in [0.05, 0.1) is 5.25 Å². The third kappa shape index (κ3) is 8.57. The van der Waals surface area contributed by atoms with Crippen molar-refractivity contribution in [2.24, 2.45) is 5.41 Å². The second-order valence-electron chi connectivity index (χ2n) is 6.12. The van der Waals surface area contributed by atoms with Gasteiger partial charge in [0.2, 0.25) is 10.0 Å². The summed E-state index contributed by atoms with van der Waals surface area (Å²) < 4.78 is 26.4. The van der Waals surface area contributed by atoms with Gasteiger partial charge in [0.25, 0.3) is 0 Å². The zero-order valence-corrected chi connectivity index (χ0v) is 12.8. The molecule has 0 aliphatic carbocycles. The van der Waals surface area contributed by atoms with Crippen LogP contribution in [0.25, 0.3) is 0 Å². The van der Waals surface area contributed by atoms with E-state index >= 15 is 0 Å². The Morgan fingerprint density at radius 1 is 1.12 bits per heavy atom. The summed E-state index contributed by atoms with van der Waals surface area (Å²) in [6.07, 6.45) is 0.844. The summed E-state index contributed by atoms with van der Waals surface area (Å²) in [6.45, 7) is 13.1. The van der Waals surface area contributed by atoms with Crippen LogP contribution in [0.3, 0.4) is 0 Å². The van der Waals surface area contributed by atoms with Gasteiger partial charge in [-0.3, -0.25) is 0 Å². The quantitative estimate of drug-likeness (QED) is 0.736. The smallest absolute Gasteiger partial charge is 0.215 e. The third-order valence-corrected chi connectivity index (χ3v) is 4.35. The number of nitrogens with one attached hydrogen (secondary N) is 2. The highest BCUT2D eigenvalue weighted by atomic mass is 32.2. The normalized spacial score (nSPS) is 15.2. The van der Waals surface area contributed by atoms with Crippen molar-refractivity contribution in [1.29, 1.82) is 0 Å². The standard InChI is InChI=1S/C12H28N2O2S/c1-10(2)13-9-11(3)17(15,16)14-8-7-12(4,5)6/h10-11,13-14H,7-9H2,1-6H3. The third-order valence-electron chi connectivity index (χ3n) is 2.52. The first-order chi connectivity index (χ1) is 7.54. The van der Waals surface area contributed by atoms with Crippen molar-refractivity contribution >= 4 is 10.0 Å². The Hall–Kier alpha value is -0.130. The molecule has 0 aliphatic rings. The second-order valence-corrected chi connectivity index (χ2v) is 8.31. The van der Waals surface area contributed by atoms with Gasteiger partial charge in [-0.05, 0) is 18.8 Å². The van der Waals surface area contributed by atoms with E-state index in [2.05, 4.69) is 30.8 Å². The fourth-order valence-electron chi connectivity index (χ4n) is 1.22. The summed E-state index contributed by atoms with van der Waals surface area (Å²) in [6, 6.07) is 0.308. The summed E-state index contributed by atoms with van der Waals surface area (Å²) >= 11 is 0. The van der Waals surface area contributed by atoms with Crippen LogP contribution in [0.15, 0.2) is 0 Å². The summed E-state index contributed by atoms with van der Waals surface area (Å²) in [5, 5.41) is 2.74. The van der Waals surface area contributed by atoms with Gasteiger partial charge in [0.15, 0.2) is 0 Å². The molecule has 0 radical (unpaired) electrons. The predicted molar refractivity (Wildman–Crippen MR) is 73.6 cm³/mol. The van der Waals surface area contributed by atoms with Gasteiger partial charge in [-0.15, -0.1) is 0 Å². The lowest BCUT2D eigenvalue weighted by Crippen LogP contribution is -2.41. The first kappa shape index (κ1) is 16.9. The highest BCUT2D eigenvalue weighted by Crippen LogP contribution is 2.17. The largest absolute Gasteiger partial charge is 0.313 e. The molecule has 0 aliphatic heterocycles. The Kier molecular flexibility index (Phi) is 6.66. The van der Waals surface area contributed by atoms with Gasteiger partial charge < -0.3 is 5.32 Å². The second kappa shape index (κ2) is 6.71. The summed E-state index contributed by atoms with van der Waals surface area (Å²) in [5.74, 6) is 0. The average molecular weight is 264 g/mol. The SMILES string of the molecule is CC(C)NCC(C)S(=O)(=O)NCCC(C)(C)C. The topological polar surface area (TPSA) is 58.2 Å². The zero-order chi connectivity index (χ0) is 13.7. The fourth-order valence-corrected chi connectivity index (χ4v) is 2.21. The maximum atomic E-state index is 11.9. The number of sulfonamides is 1. The molecule has 0 aromatic heterocycles. The molecule has 0 saturated carbocycles. The highest BCUT2D eigenvalue weighted by molar-refractivity contribution is 7.90. The van der Waals surface area contributed by atoms with Gasteiger partial charge >= 0.3 is 0 Å². The van der Waals surface area contributed by atoms with Crippen LogP contribution in [-0.4, -0.2) is 32.8 Å². The monoisotopic (exact) mass is 264 g/mol. The van der Waals surface area contributed by atoms with Crippen LogP contribution in [0.2, 0.25) is 0 Å². The van der Waals surface area contributed by atoms with Crippen LogP contribution >= 0.6 is 0 Å². The van der Waals surface area contributed by atoms with E-state index in [1.54, 1.807) is 6.92 Å². The maximum Gasteiger partial charge on any atom is 0.215 e. The van der Waals surface area contributed by atoms with E-state index in [0.717, 1.165) is 6.42 Å². The molecule has 0 rings (SSSR count). The first-order valence-corrected chi connectivity index (χ1v) is 7.81. The van der Waals surface area contributed by atoms with Crippen LogP contribution in [0.4, 0.5) is 0 Å². The Balaban J connectivity index is 4.10. The van der Waals surface area contributed by atoms with Crippen LogP contribution in [0.5, 0.6) is 0 Å². The van der Waals surface area contributed by atoms with Gasteiger partial charge in [-0.25, -0.2) is 13.1 Å². The lowest BCUT2D eigenvalue weighted by molar-refractivity contribution is 0.378. The number of hydrogen-bond donors (Lipinski definition) is 2. The molecular formula is C12H28N2O2S. The van der Waals surface area contributed by atoms with Crippen molar-refractivity contribution in [1.82, 2.24) is 10.0 Å². The van der Waals surface area contributed by atoms with Crippen LogP contribution in [0.1, 0.15) is 48.0 Å². The van der Waals surface area contributed by atoms with E-state index in [1.807, 2.05) is 13.8 Å². The molecular weight excluding hydrogens is 236 g/mol. The Labute approximate surface area is 107 Å². The molecule has 0 bridgehead atoms. The molecule has 0 heterocycles. The van der Waals surface area contributed by atoms with Gasteiger partial charge in [0, 0.05) is 19.1 Å². The molecule has 1 atom stereocenters. The van der Waals surface area contributed by atoms with Crippen molar-refractivity contribution in [3.05, 3.63) is 0 Å². The van der Waals surface area contributed by atoms with Gasteiger partial charge in [-0.2, -0.15) is 0 Å². The molecule has 0 spiro atoms. The van der Waals surface area contributed by atoms with E-state index < -0.39 is 15.3 Å². The fraction of sp³-hybridized carbons (Fsp3) is 1.00. The minimum Gasteiger partial charge on any atom is -0.313 e. The summed E-state index contributed by atoms with van der Waals surface area (Å²) in [7, 11) is -3.19. The van der Waals surface area contributed by atoms with E-state index in [9.17, 15) is 8.42 Å². The highest BCUT2D eigenvalue weighted by Gasteiger charge is 2.21. The van der Waals surface area contributed by atoms with Crippen molar-refractivity contribution < 1.29 is 8.42 Å². The van der Waals surface area contributed by atoms with Crippen molar-refractivity contribution in [2.75, 3.05) is 13.1 Å². The summed E-state index contributed by atoms with van der Waals surface area (Å²) in [4.78, 5) is 0. The Morgan fingerprint density at radius 3 is 2.06 bits per heavy atom. The Bertz CT molecular complexity index is 305. The Morgan fingerprint density at radius 2 is 1.65 bits per heavy atom. The predicted octanol–water partition coefficient (Wildman–Crippen LogP) is 1.73. The maximum absolute atomic E-state index is 11.9. The number of hydrogen-bond acceptors (Lipinski definition) is 3. The first-order valence-electron chi connectivity index (χ1n) is 6.26. The molecule has 0 saturated heterocycles. The van der Waals surface area contributed by atoms with E-state index in [1.165, 1.54) is 0 Å². The minimum absolute atomic E-state index is 0.155. The molecule has 0 aromatic rings. The molecule has 17 heavy (non-hydrogen) atoms. The van der Waals surface area contributed by atoms with Crippen LogP contribution < -0.4 is 10.0 Å².